The number of ether oxygens (including phenoxy) is 4. The minimum Gasteiger partial charge on any atom is -0.466 e. The van der Waals surface area contributed by atoms with Gasteiger partial charge in [0.2, 0.25) is 0 Å². The monoisotopic (exact) mass is 809 g/mol. The molecular weight excluding hydrogens is 743 g/mol. The Morgan fingerprint density at radius 2 is 1.21 bits per heavy atom. The molecule has 2 N–H and O–H groups in total. The minimum absolute atomic E-state index is 0.0614. The van der Waals surface area contributed by atoms with Gasteiger partial charge in [0.15, 0.2) is 0 Å². The highest BCUT2D eigenvalue weighted by Gasteiger charge is 2.30. The maximum atomic E-state index is 12.8. The molecule has 0 aliphatic heterocycles. The van der Waals surface area contributed by atoms with E-state index in [-0.39, 0.29) is 31.3 Å². The molecule has 1 aliphatic rings. The number of fused-ring (bicyclic) bond motifs is 3. The third-order valence-electron chi connectivity index (χ3n) is 8.89. The molecule has 2 aromatic carbocycles. The van der Waals surface area contributed by atoms with E-state index < -0.39 is 52.4 Å². The van der Waals surface area contributed by atoms with Crippen LogP contribution in [-0.2, 0) is 33.3 Å². The van der Waals surface area contributed by atoms with E-state index in [1.54, 1.807) is 12.2 Å². The smallest absolute Gasteiger partial charge is 0.407 e. The first-order valence-corrected chi connectivity index (χ1v) is 27.5. The number of allylic oxidation sites excluding steroid dienone is 2. The molecule has 1 aliphatic carbocycles. The summed E-state index contributed by atoms with van der Waals surface area (Å²) in [6.45, 7) is 20.0. The summed E-state index contributed by atoms with van der Waals surface area (Å²) in [6.07, 6.45) is 8.68. The second-order valence-corrected chi connectivity index (χ2v) is 27.9. The molecule has 0 heterocycles. The van der Waals surface area contributed by atoms with Gasteiger partial charge in [0, 0.05) is 22.1 Å². The minimum atomic E-state index is -1.33. The Balaban J connectivity index is 0.000000536. The normalized spacial score (nSPS) is 14.2. The molecule has 0 saturated carbocycles. The quantitative estimate of drug-likeness (QED) is 0.0547. The zero-order valence-corrected chi connectivity index (χ0v) is 37.2. The molecule has 12 heteroatoms. The van der Waals surface area contributed by atoms with Gasteiger partial charge in [-0.2, -0.15) is 0 Å². The number of unbranched alkanes of at least 4 members (excludes halogenated alkanes) is 2. The summed E-state index contributed by atoms with van der Waals surface area (Å²) in [6, 6.07) is 17.1. The molecule has 56 heavy (non-hydrogen) atoms. The number of alkyl carbamates (subject to hydrolysis) is 1. The summed E-state index contributed by atoms with van der Waals surface area (Å²) in [5, 5.41) is 12.1. The van der Waals surface area contributed by atoms with Gasteiger partial charge in [0.25, 0.3) is 0 Å². The Kier molecular flexibility index (Phi) is 21.1. The van der Waals surface area contributed by atoms with Crippen molar-refractivity contribution in [3.8, 4) is 11.1 Å². The van der Waals surface area contributed by atoms with Gasteiger partial charge in [-0.15, -0.1) is 0 Å². The predicted molar refractivity (Wildman–Crippen MR) is 229 cm³/mol. The van der Waals surface area contributed by atoms with Gasteiger partial charge >= 0.3 is 24.0 Å². The highest BCUT2D eigenvalue weighted by Crippen LogP contribution is 2.44. The van der Waals surface area contributed by atoms with Crippen LogP contribution in [0.3, 0.4) is 0 Å². The molecule has 2 aromatic rings. The van der Waals surface area contributed by atoms with Crippen LogP contribution in [0.25, 0.3) is 11.1 Å². The van der Waals surface area contributed by atoms with Gasteiger partial charge in [-0.25, -0.2) is 9.59 Å². The number of hydrogen-bond donors (Lipinski definition) is 2. The van der Waals surface area contributed by atoms with E-state index in [2.05, 4.69) is 63.7 Å². The number of benzene rings is 2. The fourth-order valence-electron chi connectivity index (χ4n) is 5.57. The van der Waals surface area contributed by atoms with Gasteiger partial charge < -0.3 is 29.4 Å². The first-order valence-electron chi connectivity index (χ1n) is 20.1. The molecule has 0 saturated heterocycles. The number of rotatable bonds is 21. The lowest BCUT2D eigenvalue weighted by Gasteiger charge is -2.20. The Hall–Kier alpha value is -4.01. The fraction of sp³-hybridized carbons (Fsp3) is 0.545. The number of nitrogens with one attached hydrogen (secondary N) is 1. The van der Waals surface area contributed by atoms with Crippen molar-refractivity contribution in [1.82, 2.24) is 5.32 Å². The Morgan fingerprint density at radius 3 is 1.71 bits per heavy atom. The highest BCUT2D eigenvalue weighted by molar-refractivity contribution is 6.76. The van der Waals surface area contributed by atoms with Gasteiger partial charge in [0.05, 0.1) is 32.2 Å². The summed E-state index contributed by atoms with van der Waals surface area (Å²) < 4.78 is 21.6. The molecule has 0 unspecified atom stereocenters. The lowest BCUT2D eigenvalue weighted by Crippen LogP contribution is -2.41. The highest BCUT2D eigenvalue weighted by atomic mass is 28.3. The van der Waals surface area contributed by atoms with Crippen molar-refractivity contribution in [1.29, 1.82) is 0 Å². The molecule has 310 valence electrons. The van der Waals surface area contributed by atoms with E-state index >= 15 is 0 Å². The van der Waals surface area contributed by atoms with Crippen LogP contribution in [0.2, 0.25) is 51.4 Å². The fourth-order valence-corrected chi connectivity index (χ4v) is 7.00. The molecule has 0 aromatic heterocycles. The standard InChI is InChI=1S/C31H41NO6Si.C13H26O3Si/c1-6-7-8-13-23(20-29(33)36-18-19-39(3,4)5)38-30(34)22(2)32-31(35)37-21-28-26-16-11-9-14-24(26)25-15-10-12-17-27(25)28;1-5-6-7-8-12(14)11-13(15)16-9-10-17(2,3)4/h8-17,22-23,28H,6-7,18-21H2,1-5H3,(H,32,35);7-8,12,14H,5-6,9-11H2,1-4H3/b13-8+;8-7+/t22-,23+;12-/m01/s1. The molecule has 0 spiro atoms. The van der Waals surface area contributed by atoms with Crippen molar-refractivity contribution in [3.05, 3.63) is 84.0 Å². The van der Waals surface area contributed by atoms with Gasteiger partial charge in [-0.1, -0.05) is 133 Å². The predicted octanol–water partition coefficient (Wildman–Crippen LogP) is 9.43. The zero-order valence-electron chi connectivity index (χ0n) is 35.2. The Morgan fingerprint density at radius 1 is 0.732 bits per heavy atom. The van der Waals surface area contributed by atoms with Crippen LogP contribution < -0.4 is 5.32 Å². The third kappa shape index (κ3) is 19.2. The van der Waals surface area contributed by atoms with Crippen LogP contribution in [0.4, 0.5) is 4.79 Å². The van der Waals surface area contributed by atoms with E-state index in [1.165, 1.54) is 6.92 Å². The number of aliphatic hydroxyl groups excluding tert-OH is 1. The van der Waals surface area contributed by atoms with E-state index in [9.17, 15) is 24.3 Å². The summed E-state index contributed by atoms with van der Waals surface area (Å²) in [7, 11) is -2.47. The van der Waals surface area contributed by atoms with Gasteiger partial charge in [-0.3, -0.25) is 9.59 Å². The Labute approximate surface area is 337 Å². The lowest BCUT2D eigenvalue weighted by molar-refractivity contribution is -0.154. The number of carbonyl (C=O) groups is 4. The molecular formula is C44H67NO9Si2. The average molecular weight is 810 g/mol. The first-order chi connectivity index (χ1) is 26.4. The number of carbonyl (C=O) groups excluding carboxylic acids is 4. The number of hydrogen-bond acceptors (Lipinski definition) is 9. The first kappa shape index (κ1) is 48.1. The van der Waals surface area contributed by atoms with Gasteiger partial charge in [0.1, 0.15) is 18.8 Å². The van der Waals surface area contributed by atoms with Crippen LogP contribution in [0.15, 0.2) is 72.8 Å². The second-order valence-electron chi connectivity index (χ2n) is 16.6. The van der Waals surface area contributed by atoms with Crippen LogP contribution in [0.1, 0.15) is 76.3 Å². The molecule has 1 amide bonds. The molecule has 3 rings (SSSR count). The maximum Gasteiger partial charge on any atom is 0.407 e. The van der Waals surface area contributed by atoms with Crippen LogP contribution in [0, 0.1) is 0 Å². The molecule has 10 nitrogen and oxygen atoms in total. The van der Waals surface area contributed by atoms with Crippen molar-refractivity contribution in [3.63, 3.8) is 0 Å². The lowest BCUT2D eigenvalue weighted by atomic mass is 9.98. The summed E-state index contributed by atoms with van der Waals surface area (Å²) in [4.78, 5) is 49.1. The van der Waals surface area contributed by atoms with Gasteiger partial charge in [-0.05, 0) is 60.2 Å². The summed E-state index contributed by atoms with van der Waals surface area (Å²) >= 11 is 0. The van der Waals surface area contributed by atoms with Crippen LogP contribution in [-0.4, -0.2) is 83.3 Å². The van der Waals surface area contributed by atoms with E-state index in [4.69, 9.17) is 18.9 Å². The maximum absolute atomic E-state index is 12.8. The van der Waals surface area contributed by atoms with Crippen molar-refractivity contribution in [2.45, 2.75) is 135 Å². The van der Waals surface area contributed by atoms with E-state index in [1.807, 2.05) is 55.5 Å². The molecule has 0 fully saturated rings. The zero-order chi connectivity index (χ0) is 41.7. The van der Waals surface area contributed by atoms with Crippen molar-refractivity contribution >= 4 is 40.1 Å². The number of esters is 3. The van der Waals surface area contributed by atoms with Crippen LogP contribution >= 0.6 is 0 Å². The SMILES string of the molecule is CCC/C=C/[C@@H](O)CC(=O)OCC[Si](C)(C)C.CCC/C=C/[C@H](CC(=O)OCC[Si](C)(C)C)OC(=O)[C@H](C)NC(=O)OCC1c2ccccc2-c2ccccc21. The molecule has 0 bridgehead atoms. The molecule has 3 atom stereocenters. The molecule has 0 radical (unpaired) electrons. The summed E-state index contributed by atoms with van der Waals surface area (Å²) in [5.74, 6) is -1.45. The van der Waals surface area contributed by atoms with Crippen molar-refractivity contribution < 1.29 is 43.2 Å². The van der Waals surface area contributed by atoms with Crippen molar-refractivity contribution in [2.24, 2.45) is 0 Å². The van der Waals surface area contributed by atoms with E-state index in [0.29, 0.717) is 13.2 Å². The number of aliphatic hydroxyl groups is 1. The summed E-state index contributed by atoms with van der Waals surface area (Å²) in [5.41, 5.74) is 4.50. The second kappa shape index (κ2) is 24.6. The average Bonchev–Trinajstić information content (AvgIpc) is 3.43. The van der Waals surface area contributed by atoms with Crippen molar-refractivity contribution in [2.75, 3.05) is 19.8 Å². The van der Waals surface area contributed by atoms with E-state index in [0.717, 1.165) is 60.0 Å². The largest absolute Gasteiger partial charge is 0.466 e. The topological polar surface area (TPSA) is 137 Å². The third-order valence-corrected chi connectivity index (χ3v) is 12.3. The number of amides is 1. The van der Waals surface area contributed by atoms with Crippen LogP contribution in [0.5, 0.6) is 0 Å². The Bertz CT molecular complexity index is 1550.